The van der Waals surface area contributed by atoms with Crippen LogP contribution in [0.1, 0.15) is 70.1 Å². The number of esters is 1. The maximum absolute atomic E-state index is 12.8. The number of rotatable bonds is 9. The van der Waals surface area contributed by atoms with Crippen molar-refractivity contribution < 1.29 is 23.9 Å². The number of carbonyl (C=O) groups excluding carboxylic acids is 3. The number of methoxy groups -OCH3 is 1. The summed E-state index contributed by atoms with van der Waals surface area (Å²) in [6.07, 6.45) is 1.73. The lowest BCUT2D eigenvalue weighted by Crippen LogP contribution is -2.55. The molecule has 3 rings (SSSR count). The number of nitrogens with zero attached hydrogens (tertiary/aromatic N) is 3. The van der Waals surface area contributed by atoms with Crippen LogP contribution in [-0.2, 0) is 15.9 Å². The molecule has 1 aliphatic heterocycles. The number of aromatic amines is 1. The first-order chi connectivity index (χ1) is 15.8. The summed E-state index contributed by atoms with van der Waals surface area (Å²) in [5, 5.41) is 3.84. The SMILES string of the molecule is CCCOC1CN(c2nc(C(C)=O)c(C(=O)OC)s2)CCC1NC(=O)c1nc(Cl)c(CC)[nH]1. The molecule has 2 aromatic heterocycles. The summed E-state index contributed by atoms with van der Waals surface area (Å²) in [4.78, 5) is 50.4. The lowest BCUT2D eigenvalue weighted by atomic mass is 10.0. The van der Waals surface area contributed by atoms with E-state index in [1.807, 2.05) is 18.7 Å². The molecule has 0 spiro atoms. The van der Waals surface area contributed by atoms with E-state index in [4.69, 9.17) is 21.1 Å². The van der Waals surface area contributed by atoms with Crippen LogP contribution < -0.4 is 10.2 Å². The van der Waals surface area contributed by atoms with Crippen LogP contribution >= 0.6 is 22.9 Å². The van der Waals surface area contributed by atoms with Crippen molar-refractivity contribution >= 4 is 45.7 Å². The second-order valence-corrected chi connectivity index (χ2v) is 8.99. The Labute approximate surface area is 201 Å². The number of hydrogen-bond donors (Lipinski definition) is 2. The third-order valence-corrected chi connectivity index (χ3v) is 6.71. The Morgan fingerprint density at radius 1 is 1.30 bits per heavy atom. The average Bonchev–Trinajstić information content (AvgIpc) is 3.42. The fourth-order valence-corrected chi connectivity index (χ4v) is 4.91. The van der Waals surface area contributed by atoms with Crippen molar-refractivity contribution in [3.63, 3.8) is 0 Å². The first kappa shape index (κ1) is 25.1. The average molecular weight is 498 g/mol. The summed E-state index contributed by atoms with van der Waals surface area (Å²) in [6.45, 7) is 6.82. The summed E-state index contributed by atoms with van der Waals surface area (Å²) < 4.78 is 10.8. The largest absolute Gasteiger partial charge is 0.465 e. The number of aryl methyl sites for hydroxylation is 1. The van der Waals surface area contributed by atoms with Crippen LogP contribution in [0.25, 0.3) is 0 Å². The van der Waals surface area contributed by atoms with Crippen LogP contribution in [-0.4, -0.2) is 71.6 Å². The van der Waals surface area contributed by atoms with E-state index < -0.39 is 5.97 Å². The molecule has 2 aromatic rings. The van der Waals surface area contributed by atoms with Gasteiger partial charge in [-0.2, -0.15) is 0 Å². The number of amides is 1. The lowest BCUT2D eigenvalue weighted by Gasteiger charge is -2.38. The highest BCUT2D eigenvalue weighted by Gasteiger charge is 2.34. The van der Waals surface area contributed by atoms with Crippen molar-refractivity contribution in [2.24, 2.45) is 0 Å². The molecule has 33 heavy (non-hydrogen) atoms. The topological polar surface area (TPSA) is 127 Å². The highest BCUT2D eigenvalue weighted by Crippen LogP contribution is 2.30. The van der Waals surface area contributed by atoms with Gasteiger partial charge in [0.1, 0.15) is 10.6 Å². The zero-order chi connectivity index (χ0) is 24.1. The van der Waals surface area contributed by atoms with Gasteiger partial charge in [-0.15, -0.1) is 0 Å². The van der Waals surface area contributed by atoms with Gasteiger partial charge in [-0.05, 0) is 19.3 Å². The van der Waals surface area contributed by atoms with Crippen molar-refractivity contribution in [1.82, 2.24) is 20.3 Å². The molecule has 0 saturated carbocycles. The van der Waals surface area contributed by atoms with Gasteiger partial charge in [-0.25, -0.2) is 14.8 Å². The zero-order valence-electron chi connectivity index (χ0n) is 19.1. The molecule has 2 atom stereocenters. The molecule has 1 fully saturated rings. The number of H-pyrrole nitrogens is 1. The molecule has 10 nitrogen and oxygen atoms in total. The van der Waals surface area contributed by atoms with Gasteiger partial charge in [0.25, 0.3) is 5.91 Å². The van der Waals surface area contributed by atoms with Crippen LogP contribution in [0.3, 0.4) is 0 Å². The molecule has 180 valence electrons. The van der Waals surface area contributed by atoms with E-state index in [2.05, 4.69) is 20.3 Å². The first-order valence-electron chi connectivity index (χ1n) is 10.8. The molecule has 12 heteroatoms. The maximum Gasteiger partial charge on any atom is 0.350 e. The van der Waals surface area contributed by atoms with E-state index >= 15 is 0 Å². The summed E-state index contributed by atoms with van der Waals surface area (Å²) in [6, 6.07) is -0.249. The Morgan fingerprint density at radius 2 is 2.06 bits per heavy atom. The molecule has 0 bridgehead atoms. The van der Waals surface area contributed by atoms with E-state index in [1.54, 1.807) is 0 Å². The van der Waals surface area contributed by atoms with Gasteiger partial charge < -0.3 is 24.7 Å². The smallest absolute Gasteiger partial charge is 0.350 e. The number of Topliss-reactive ketones (excluding diaryl/α,β-unsaturated/α-hetero) is 1. The zero-order valence-corrected chi connectivity index (χ0v) is 20.6. The summed E-state index contributed by atoms with van der Waals surface area (Å²) in [5.74, 6) is -1.07. The van der Waals surface area contributed by atoms with Crippen LogP contribution in [0.4, 0.5) is 5.13 Å². The number of aromatic nitrogens is 3. The van der Waals surface area contributed by atoms with Gasteiger partial charge in [-0.3, -0.25) is 9.59 Å². The molecular weight excluding hydrogens is 470 g/mol. The number of nitrogens with one attached hydrogen (secondary N) is 2. The number of piperidine rings is 1. The second-order valence-electron chi connectivity index (χ2n) is 7.65. The van der Waals surface area contributed by atoms with E-state index in [0.29, 0.717) is 48.5 Å². The second kappa shape index (κ2) is 11.1. The van der Waals surface area contributed by atoms with Crippen molar-refractivity contribution in [3.05, 3.63) is 27.2 Å². The Kier molecular flexibility index (Phi) is 8.44. The molecule has 1 amide bonds. The van der Waals surface area contributed by atoms with Crippen LogP contribution in [0.15, 0.2) is 0 Å². The van der Waals surface area contributed by atoms with Gasteiger partial charge in [0.15, 0.2) is 21.9 Å². The Balaban J connectivity index is 1.77. The van der Waals surface area contributed by atoms with Gasteiger partial charge in [0.2, 0.25) is 0 Å². The maximum atomic E-state index is 12.8. The number of anilines is 1. The number of carbonyl (C=O) groups is 3. The van der Waals surface area contributed by atoms with E-state index in [1.165, 1.54) is 14.0 Å². The molecule has 1 aliphatic rings. The normalized spacial score (nSPS) is 18.3. The number of halogens is 1. The highest BCUT2D eigenvalue weighted by atomic mass is 35.5. The van der Waals surface area contributed by atoms with Crippen molar-refractivity contribution in [3.8, 4) is 0 Å². The number of thiazole rings is 1. The molecule has 2 N–H and O–H groups in total. The standard InChI is InChI=1S/C21H28ClN5O5S/c1-5-9-32-14-10-27(21-25-15(11(3)28)16(33-21)20(30)31-4)8-7-13(14)24-19(29)18-23-12(6-2)17(22)26-18/h13-14H,5-10H2,1-4H3,(H,23,26)(H,24,29). The van der Waals surface area contributed by atoms with Crippen molar-refractivity contribution in [2.45, 2.75) is 52.2 Å². The van der Waals surface area contributed by atoms with E-state index in [-0.39, 0.29) is 40.2 Å². The summed E-state index contributed by atoms with van der Waals surface area (Å²) >= 11 is 7.19. The molecule has 0 aliphatic carbocycles. The fraction of sp³-hybridized carbons (Fsp3) is 0.571. The molecule has 2 unspecified atom stereocenters. The third kappa shape index (κ3) is 5.71. The number of ketones is 1. The number of imidazole rings is 1. The van der Waals surface area contributed by atoms with Crippen molar-refractivity contribution in [1.29, 1.82) is 0 Å². The molecule has 0 radical (unpaired) electrons. The number of hydrogen-bond acceptors (Lipinski definition) is 9. The minimum atomic E-state index is -0.589. The fourth-order valence-electron chi connectivity index (χ4n) is 3.57. The third-order valence-electron chi connectivity index (χ3n) is 5.30. The van der Waals surface area contributed by atoms with Gasteiger partial charge in [0.05, 0.1) is 24.9 Å². The summed E-state index contributed by atoms with van der Waals surface area (Å²) in [7, 11) is 1.27. The molecular formula is C21H28ClN5O5S. The minimum absolute atomic E-state index is 0.102. The van der Waals surface area contributed by atoms with Gasteiger partial charge in [-0.1, -0.05) is 36.8 Å². The first-order valence-corrected chi connectivity index (χ1v) is 12.0. The minimum Gasteiger partial charge on any atom is -0.465 e. The highest BCUT2D eigenvalue weighted by molar-refractivity contribution is 7.17. The Morgan fingerprint density at radius 3 is 2.67 bits per heavy atom. The molecule has 1 saturated heterocycles. The van der Waals surface area contributed by atoms with Gasteiger partial charge in [0, 0.05) is 26.6 Å². The quantitative estimate of drug-likeness (QED) is 0.400. The molecule has 0 aromatic carbocycles. The predicted molar refractivity (Wildman–Crippen MR) is 125 cm³/mol. The lowest BCUT2D eigenvalue weighted by molar-refractivity contribution is 0.0204. The molecule has 3 heterocycles. The van der Waals surface area contributed by atoms with Gasteiger partial charge >= 0.3 is 5.97 Å². The summed E-state index contributed by atoms with van der Waals surface area (Å²) in [5.41, 5.74) is 0.812. The van der Waals surface area contributed by atoms with Crippen LogP contribution in [0.5, 0.6) is 0 Å². The van der Waals surface area contributed by atoms with Crippen LogP contribution in [0, 0.1) is 0 Å². The van der Waals surface area contributed by atoms with E-state index in [9.17, 15) is 14.4 Å². The van der Waals surface area contributed by atoms with Crippen LogP contribution in [0.2, 0.25) is 5.15 Å². The van der Waals surface area contributed by atoms with Crippen molar-refractivity contribution in [2.75, 3.05) is 31.7 Å². The monoisotopic (exact) mass is 497 g/mol. The van der Waals surface area contributed by atoms with E-state index in [0.717, 1.165) is 17.8 Å². The number of ether oxygens (including phenoxy) is 2. The Hall–Kier alpha value is -2.50. The predicted octanol–water partition coefficient (Wildman–Crippen LogP) is 2.88. The Bertz CT molecular complexity index is 1020.